The molecule has 3 amide bonds. The molecule has 2 aromatic heterocycles. The molecule has 375 valence electrons. The Kier molecular flexibility index (Phi) is 14.2. The number of anilines is 6. The smallest absolute Gasteiger partial charge is 0.234 e. The lowest BCUT2D eigenvalue weighted by atomic mass is 9.89. The maximum absolute atomic E-state index is 15.3. The summed E-state index contributed by atoms with van der Waals surface area (Å²) in [4.78, 5) is 72.9. The van der Waals surface area contributed by atoms with E-state index in [4.69, 9.17) is 14.7 Å². The first-order chi connectivity index (χ1) is 34.3. The number of methoxy groups -OCH3 is 1. The van der Waals surface area contributed by atoms with Crippen LogP contribution in [0.2, 0.25) is 0 Å². The number of imide groups is 1. The molecule has 71 heavy (non-hydrogen) atoms. The number of rotatable bonds is 12. The number of nitrogens with zero attached hydrogens (tertiary/aromatic N) is 7. The number of halogens is 3. The third-order valence-corrected chi connectivity index (χ3v) is 19.2. The van der Waals surface area contributed by atoms with E-state index in [1.807, 2.05) is 34.9 Å². The minimum Gasteiger partial charge on any atom is -0.494 e. The van der Waals surface area contributed by atoms with Gasteiger partial charge in [-0.2, -0.15) is 4.98 Å². The Balaban J connectivity index is 0.747. The zero-order valence-corrected chi connectivity index (χ0v) is 42.9. The van der Waals surface area contributed by atoms with Crippen molar-refractivity contribution in [3.63, 3.8) is 0 Å². The fourth-order valence-electron chi connectivity index (χ4n) is 11.4. The maximum Gasteiger partial charge on any atom is 0.234 e. The lowest BCUT2D eigenvalue weighted by Gasteiger charge is -2.44. The molecule has 5 saturated heterocycles. The number of aryl methyl sites for hydroxylation is 2. The minimum absolute atomic E-state index is 0.0281. The number of amides is 3. The molecule has 2 unspecified atom stereocenters. The van der Waals surface area contributed by atoms with Crippen LogP contribution < -0.4 is 35.8 Å². The normalized spacial score (nSPS) is 21.0. The van der Waals surface area contributed by atoms with Crippen LogP contribution in [0.15, 0.2) is 59.2 Å². The molecule has 4 N–H and O–H groups in total. The molecule has 5 aliphatic heterocycles. The molecule has 0 saturated carbocycles. The Morgan fingerprint density at radius 1 is 0.901 bits per heavy atom. The fourth-order valence-corrected chi connectivity index (χ4v) is 15.1. The van der Waals surface area contributed by atoms with Gasteiger partial charge in [0.1, 0.15) is 23.2 Å². The molecule has 1 radical (unpaired) electrons. The average molecular weight is 1050 g/mol. The van der Waals surface area contributed by atoms with Gasteiger partial charge in [0, 0.05) is 118 Å². The Labute approximate surface area is 421 Å². The Hall–Kier alpha value is -5.55. The second-order valence-electron chi connectivity index (χ2n) is 19.6. The van der Waals surface area contributed by atoms with E-state index in [1.54, 1.807) is 13.3 Å². The summed E-state index contributed by atoms with van der Waals surface area (Å²) >= 11 is 3.67. The van der Waals surface area contributed by atoms with E-state index in [0.29, 0.717) is 66.3 Å². The number of carbonyl (C=O) groups is 3. The molecule has 5 aromatic rings. The van der Waals surface area contributed by atoms with E-state index >= 15 is 8.78 Å². The number of aromatic nitrogens is 3. The molecular formula is C52H61BrF2N10O5P. The number of piperazine rings is 1. The molecule has 0 bridgehead atoms. The minimum atomic E-state index is -2.40. The first-order valence-corrected chi connectivity index (χ1v) is 27.8. The number of hydrogen-bond acceptors (Lipinski definition) is 13. The molecule has 5 fully saturated rings. The number of carbonyl (C=O) groups excluding carboxylic acids is 3. The van der Waals surface area contributed by atoms with Gasteiger partial charge in [0.25, 0.3) is 0 Å². The van der Waals surface area contributed by atoms with Crippen molar-refractivity contribution in [3.8, 4) is 5.75 Å². The van der Waals surface area contributed by atoms with Crippen LogP contribution in [0, 0.1) is 24.5 Å². The molecule has 2 atom stereocenters. The van der Waals surface area contributed by atoms with Crippen molar-refractivity contribution in [1.29, 1.82) is 0 Å². The first-order valence-electron chi connectivity index (χ1n) is 24.9. The van der Waals surface area contributed by atoms with Crippen molar-refractivity contribution in [2.75, 3.05) is 92.2 Å². The highest BCUT2D eigenvalue weighted by Gasteiger charge is 2.38. The Morgan fingerprint density at radius 2 is 1.63 bits per heavy atom. The van der Waals surface area contributed by atoms with Crippen molar-refractivity contribution >= 4 is 91.9 Å². The van der Waals surface area contributed by atoms with Gasteiger partial charge in [-0.3, -0.25) is 29.6 Å². The number of piperidine rings is 2. The Morgan fingerprint density at radius 3 is 2.34 bits per heavy atom. The second-order valence-corrected chi connectivity index (χ2v) is 23.6. The van der Waals surface area contributed by atoms with Gasteiger partial charge in [-0.15, -0.1) is 0 Å². The lowest BCUT2D eigenvalue weighted by molar-refractivity contribution is -0.137. The second kappa shape index (κ2) is 20.5. The monoisotopic (exact) mass is 1050 g/mol. The number of hydrogen-bond donors (Lipinski definition) is 4. The molecule has 0 spiro atoms. The van der Waals surface area contributed by atoms with Gasteiger partial charge in [-0.05, 0) is 122 Å². The largest absolute Gasteiger partial charge is 0.494 e. The molecule has 7 heterocycles. The zero-order chi connectivity index (χ0) is 49.6. The SMILES string of the molecule is CCc1cc(Nc2ncc(Br)c(Nc3ccc4nc(C)ccc4c3[P]3(O)CCCC3)n2)c(OC)cc1N1CCC(N2CCN(C(=O)C3CCN(c4cc(F)c(C5CCC(=O)NC5=O)c(F)c4)C3)CC2)CC1. The van der Waals surface area contributed by atoms with E-state index in [1.165, 1.54) is 17.7 Å². The van der Waals surface area contributed by atoms with Crippen LogP contribution in [-0.2, 0) is 20.8 Å². The number of pyridine rings is 1. The summed E-state index contributed by atoms with van der Waals surface area (Å²) in [5.74, 6) is -2.37. The van der Waals surface area contributed by atoms with Gasteiger partial charge in [0.2, 0.25) is 23.7 Å². The predicted molar refractivity (Wildman–Crippen MR) is 278 cm³/mol. The van der Waals surface area contributed by atoms with Crippen LogP contribution in [0.1, 0.15) is 74.6 Å². The van der Waals surface area contributed by atoms with E-state index in [-0.39, 0.29) is 30.2 Å². The van der Waals surface area contributed by atoms with Gasteiger partial charge in [-0.25, -0.2) is 13.8 Å². The van der Waals surface area contributed by atoms with Gasteiger partial charge >= 0.3 is 0 Å². The van der Waals surface area contributed by atoms with Crippen molar-refractivity contribution in [1.82, 2.24) is 30.1 Å². The van der Waals surface area contributed by atoms with Crippen LogP contribution in [0.4, 0.5) is 43.3 Å². The van der Waals surface area contributed by atoms with Gasteiger partial charge in [0.05, 0.1) is 40.3 Å². The summed E-state index contributed by atoms with van der Waals surface area (Å²) in [7, 11) is -0.731. The van der Waals surface area contributed by atoms with Crippen molar-refractivity contribution < 1.29 is 32.8 Å². The molecule has 0 aliphatic carbocycles. The van der Waals surface area contributed by atoms with E-state index in [9.17, 15) is 19.3 Å². The van der Waals surface area contributed by atoms with Gasteiger partial charge in [-0.1, -0.05) is 13.0 Å². The maximum atomic E-state index is 15.3. The fraction of sp³-hybridized carbons (Fsp3) is 0.462. The van der Waals surface area contributed by atoms with Crippen LogP contribution in [0.25, 0.3) is 10.9 Å². The van der Waals surface area contributed by atoms with Crippen LogP contribution in [-0.4, -0.2) is 125 Å². The zero-order valence-electron chi connectivity index (χ0n) is 40.4. The molecule has 10 rings (SSSR count). The highest BCUT2D eigenvalue weighted by Crippen LogP contribution is 2.61. The standard InChI is InChI=1S/C52H61BrF2N10O5P/c1-4-32-25-43(59-52-56-29-38(53)49(61-52)58-42-11-10-41-36(8-7-31(2)57-41)48(42)71(69)23-5-6-24-71)45(70-3)28-44(32)63-17-14-34(15-18-63)62-19-21-64(22-20-62)51(68)33-13-16-65(30-33)35-26-39(54)47(40(55)27-35)37-9-12-46(66)60-50(37)67/h7-8,10-11,25-29,33-34,37,69H,4-6,9,12-24,30H2,1-3H3,(H,60,66,67)(H2,56,58,59,61). The molecule has 19 heteroatoms. The van der Waals surface area contributed by atoms with E-state index in [2.05, 4.69) is 71.8 Å². The molecule has 5 aliphatic rings. The molecular weight excluding hydrogens is 994 g/mol. The number of benzene rings is 3. The molecule has 3 aromatic carbocycles. The summed E-state index contributed by atoms with van der Waals surface area (Å²) in [5, 5.41) is 11.1. The highest BCUT2D eigenvalue weighted by atomic mass is 79.9. The van der Waals surface area contributed by atoms with Crippen LogP contribution in [0.5, 0.6) is 5.75 Å². The topological polar surface area (TPSA) is 168 Å². The number of fused-ring (bicyclic) bond motifs is 1. The van der Waals surface area contributed by atoms with E-state index in [0.717, 1.165) is 110 Å². The summed E-state index contributed by atoms with van der Waals surface area (Å²) in [5.41, 5.74) is 5.75. The number of nitrogens with one attached hydrogen (secondary N) is 3. The van der Waals surface area contributed by atoms with Crippen molar-refractivity contribution in [2.45, 2.75) is 77.2 Å². The van der Waals surface area contributed by atoms with Crippen molar-refractivity contribution in [2.24, 2.45) is 5.92 Å². The average Bonchev–Trinajstić information content (AvgIpc) is 4.05. The summed E-state index contributed by atoms with van der Waals surface area (Å²) in [6.07, 6.45) is 8.78. The quantitative estimate of drug-likeness (QED) is 0.0703. The van der Waals surface area contributed by atoms with Crippen LogP contribution >= 0.6 is 23.4 Å². The molecule has 15 nitrogen and oxygen atoms in total. The first kappa shape index (κ1) is 49.0. The van der Waals surface area contributed by atoms with Gasteiger partial charge < -0.3 is 35.0 Å². The highest BCUT2D eigenvalue weighted by molar-refractivity contribution is 9.10. The summed E-state index contributed by atoms with van der Waals surface area (Å²) in [6, 6.07) is 15.2. The predicted octanol–water partition coefficient (Wildman–Crippen LogP) is 7.94. The Bertz CT molecular complexity index is 2850. The summed E-state index contributed by atoms with van der Waals surface area (Å²) < 4.78 is 37.3. The number of ether oxygens (including phenoxy) is 1. The van der Waals surface area contributed by atoms with Crippen molar-refractivity contribution in [3.05, 3.63) is 87.7 Å². The van der Waals surface area contributed by atoms with Gasteiger partial charge in [0.15, 0.2) is 0 Å². The van der Waals surface area contributed by atoms with Crippen LogP contribution in [0.3, 0.4) is 0 Å². The summed E-state index contributed by atoms with van der Waals surface area (Å²) in [6.45, 7) is 9.62. The third kappa shape index (κ3) is 10.0. The van der Waals surface area contributed by atoms with E-state index < -0.39 is 36.9 Å². The third-order valence-electron chi connectivity index (χ3n) is 15.2. The lowest BCUT2D eigenvalue weighted by Crippen LogP contribution is -2.55.